The van der Waals surface area contributed by atoms with E-state index >= 15 is 8.78 Å². The predicted octanol–water partition coefficient (Wildman–Crippen LogP) is 5.34. The minimum Gasteiger partial charge on any atom is -0.374 e. The van der Waals surface area contributed by atoms with Crippen molar-refractivity contribution in [2.75, 3.05) is 45.6 Å². The third-order valence-electron chi connectivity index (χ3n) is 6.03. The molecule has 2 amide bonds. The number of anilines is 1. The molecule has 0 saturated carbocycles. The number of nitrogens with zero attached hydrogens (tertiary/aromatic N) is 5. The lowest BCUT2D eigenvalue weighted by Gasteiger charge is -2.15. The number of hydrogen-bond donors (Lipinski definition) is 2. The van der Waals surface area contributed by atoms with Crippen molar-refractivity contribution in [1.82, 2.24) is 14.9 Å². The van der Waals surface area contributed by atoms with Crippen LogP contribution in [0.4, 0.5) is 19.4 Å². The van der Waals surface area contributed by atoms with E-state index in [4.69, 9.17) is 33.7 Å². The van der Waals surface area contributed by atoms with E-state index in [-0.39, 0.29) is 29.6 Å². The molecule has 0 unspecified atom stereocenters. The molecule has 14 heteroatoms. The Morgan fingerprint density at radius 1 is 1.16 bits per heavy atom. The van der Waals surface area contributed by atoms with Crippen LogP contribution in [-0.4, -0.2) is 77.7 Å². The van der Waals surface area contributed by atoms with E-state index < -0.39 is 23.5 Å². The van der Waals surface area contributed by atoms with Gasteiger partial charge in [0.2, 0.25) is 0 Å². The number of carbonyl (C=O) groups excluding carboxylic acids is 2. The second-order valence-electron chi connectivity index (χ2n) is 9.60. The SMILES string of the molecule is CC[N+](=C=NCCCN(C)C)C(=O)C(F)(F)c1cccc(-c2cc(NCCc3ccc(Cl)cc3Cl)nc(OC(N)=O)n2)c1. The molecule has 0 aliphatic rings. The molecule has 0 aliphatic carbocycles. The van der Waals surface area contributed by atoms with Gasteiger partial charge in [0.25, 0.3) is 0 Å². The standard InChI is InChI=1S/C29H31Cl2F2N7O3/c1-4-40(18-35-12-6-14-39(2)3)26(41)29(32,33)21-8-5-7-20(15-21)24-17-25(38-28(37-24)43-27(34)42)36-13-11-19-9-10-22(30)16-23(19)31/h5,7-10,15-17H,4,6,11-14H2,1-3H3,(H2-,34,36,37,38,42)/p+1. The molecule has 0 saturated heterocycles. The van der Waals surface area contributed by atoms with Gasteiger partial charge in [-0.2, -0.15) is 18.7 Å². The largest absolute Gasteiger partial charge is 0.412 e. The minimum atomic E-state index is -3.89. The molecule has 228 valence electrons. The minimum absolute atomic E-state index is 0.0404. The van der Waals surface area contributed by atoms with Crippen LogP contribution in [-0.2, 0) is 17.1 Å². The van der Waals surface area contributed by atoms with Crippen LogP contribution >= 0.6 is 23.2 Å². The first kappa shape index (κ1) is 33.5. The summed E-state index contributed by atoms with van der Waals surface area (Å²) in [5.41, 5.74) is 5.77. The van der Waals surface area contributed by atoms with Crippen LogP contribution in [0.25, 0.3) is 11.3 Å². The summed E-state index contributed by atoms with van der Waals surface area (Å²) < 4.78 is 36.5. The Hall–Kier alpha value is -3.96. The number of aromatic nitrogens is 2. The summed E-state index contributed by atoms with van der Waals surface area (Å²) in [6.45, 7) is 2.98. The number of hydrogen-bond acceptors (Lipinski definition) is 8. The normalized spacial score (nSPS) is 11.2. The molecule has 43 heavy (non-hydrogen) atoms. The average molecular weight is 636 g/mol. The zero-order valence-corrected chi connectivity index (χ0v) is 25.4. The predicted molar refractivity (Wildman–Crippen MR) is 162 cm³/mol. The lowest BCUT2D eigenvalue weighted by Crippen LogP contribution is -2.35. The van der Waals surface area contributed by atoms with Gasteiger partial charge in [-0.25, -0.2) is 9.59 Å². The summed E-state index contributed by atoms with van der Waals surface area (Å²) in [5, 5.41) is 4.08. The quantitative estimate of drug-likeness (QED) is 0.148. The van der Waals surface area contributed by atoms with Crippen molar-refractivity contribution in [3.8, 4) is 17.3 Å². The number of nitrogens with one attached hydrogen (secondary N) is 1. The van der Waals surface area contributed by atoms with E-state index in [1.807, 2.05) is 19.0 Å². The Bertz CT molecular complexity index is 1530. The fraction of sp³-hybridized carbons (Fsp3) is 0.345. The molecule has 0 aliphatic heterocycles. The van der Waals surface area contributed by atoms with E-state index in [0.717, 1.165) is 28.8 Å². The highest BCUT2D eigenvalue weighted by Gasteiger charge is 2.46. The van der Waals surface area contributed by atoms with Crippen LogP contribution in [0.15, 0.2) is 53.5 Å². The number of halogens is 4. The van der Waals surface area contributed by atoms with Crippen molar-refractivity contribution >= 4 is 47.0 Å². The number of carbonyl (C=O) groups is 2. The molecular formula is C29H32Cl2F2N7O3+. The van der Waals surface area contributed by atoms with Crippen molar-refractivity contribution < 1.29 is 27.7 Å². The Morgan fingerprint density at radius 3 is 2.60 bits per heavy atom. The van der Waals surface area contributed by atoms with Crippen molar-refractivity contribution in [3.63, 3.8) is 0 Å². The zero-order valence-electron chi connectivity index (χ0n) is 23.9. The molecule has 1 heterocycles. The highest BCUT2D eigenvalue weighted by molar-refractivity contribution is 6.35. The molecule has 0 spiro atoms. The van der Waals surface area contributed by atoms with Gasteiger partial charge in [-0.05, 0) is 56.2 Å². The molecule has 10 nitrogen and oxygen atoms in total. The molecule has 3 aromatic rings. The Morgan fingerprint density at radius 2 is 1.93 bits per heavy atom. The number of primary amides is 1. The third kappa shape index (κ3) is 9.79. The monoisotopic (exact) mass is 634 g/mol. The number of alkyl halides is 2. The fourth-order valence-corrected chi connectivity index (χ4v) is 4.38. The molecule has 3 rings (SSSR count). The first-order chi connectivity index (χ1) is 20.4. The molecule has 1 aromatic heterocycles. The summed E-state index contributed by atoms with van der Waals surface area (Å²) in [4.78, 5) is 38.5. The van der Waals surface area contributed by atoms with Crippen LogP contribution in [0.2, 0.25) is 10.0 Å². The summed E-state index contributed by atoms with van der Waals surface area (Å²) >= 11 is 12.2. The summed E-state index contributed by atoms with van der Waals surface area (Å²) in [6, 6.07) is 13.8. The maximum absolute atomic E-state index is 15.4. The van der Waals surface area contributed by atoms with Gasteiger partial charge < -0.3 is 20.7 Å². The number of amides is 2. The number of ether oxygens (including phenoxy) is 1. The van der Waals surface area contributed by atoms with Gasteiger partial charge in [-0.3, -0.25) is 0 Å². The van der Waals surface area contributed by atoms with E-state index in [2.05, 4.69) is 26.3 Å². The fourth-order valence-electron chi connectivity index (χ4n) is 3.88. The van der Waals surface area contributed by atoms with Gasteiger partial charge in [0, 0.05) is 46.7 Å². The molecule has 0 bridgehead atoms. The smallest absolute Gasteiger partial charge is 0.374 e. The number of likely N-dealkylation sites (N-methyl/N-ethyl adjacent to an activating group) is 1. The molecule has 3 N–H and O–H groups in total. The maximum Gasteiger partial charge on any atom is 0.412 e. The molecule has 0 atom stereocenters. The number of benzene rings is 2. The van der Waals surface area contributed by atoms with Crippen LogP contribution < -0.4 is 15.8 Å². The number of nitrogens with two attached hydrogens (primary N) is 1. The summed E-state index contributed by atoms with van der Waals surface area (Å²) in [5.74, 6) is -5.12. The van der Waals surface area contributed by atoms with E-state index in [1.54, 1.807) is 25.1 Å². The van der Waals surface area contributed by atoms with Crippen molar-refractivity contribution in [3.05, 3.63) is 69.7 Å². The summed E-state index contributed by atoms with van der Waals surface area (Å²) in [6.07, 6.45) is 0.0342. The van der Waals surface area contributed by atoms with Crippen LogP contribution in [0, 0.1) is 0 Å². The first-order valence-electron chi connectivity index (χ1n) is 13.3. The van der Waals surface area contributed by atoms with Crippen molar-refractivity contribution in [2.24, 2.45) is 10.7 Å². The molecule has 0 radical (unpaired) electrons. The maximum atomic E-state index is 15.4. The molecular weight excluding hydrogens is 603 g/mol. The highest BCUT2D eigenvalue weighted by atomic mass is 35.5. The van der Waals surface area contributed by atoms with Gasteiger partial charge in [-0.1, -0.05) is 47.5 Å². The third-order valence-corrected chi connectivity index (χ3v) is 6.62. The summed E-state index contributed by atoms with van der Waals surface area (Å²) in [7, 11) is 3.82. The van der Waals surface area contributed by atoms with Gasteiger partial charge in [0.1, 0.15) is 12.4 Å². The second-order valence-corrected chi connectivity index (χ2v) is 10.4. The highest BCUT2D eigenvalue weighted by Crippen LogP contribution is 2.33. The lowest BCUT2D eigenvalue weighted by molar-refractivity contribution is -0.454. The van der Waals surface area contributed by atoms with Gasteiger partial charge >= 0.3 is 29.9 Å². The topological polar surface area (TPSA) is 126 Å². The van der Waals surface area contributed by atoms with Crippen LogP contribution in [0.1, 0.15) is 24.5 Å². The molecule has 0 fully saturated rings. The van der Waals surface area contributed by atoms with Crippen LogP contribution in [0.5, 0.6) is 6.01 Å². The van der Waals surface area contributed by atoms with Gasteiger partial charge in [0.15, 0.2) is 0 Å². The zero-order chi connectivity index (χ0) is 31.6. The Labute approximate surface area is 258 Å². The second kappa shape index (κ2) is 15.5. The first-order valence-corrected chi connectivity index (χ1v) is 14.1. The Kier molecular flexibility index (Phi) is 12.1. The van der Waals surface area contributed by atoms with E-state index in [0.29, 0.717) is 36.0 Å². The molecule has 2 aromatic carbocycles. The Balaban J connectivity index is 1.87. The number of aliphatic imine (C=N–C) groups is 1. The van der Waals surface area contributed by atoms with Crippen LogP contribution in [0.3, 0.4) is 0 Å². The number of rotatable bonds is 13. The van der Waals surface area contributed by atoms with Gasteiger partial charge in [-0.15, -0.1) is 4.58 Å². The van der Waals surface area contributed by atoms with Crippen molar-refractivity contribution in [2.45, 2.75) is 25.7 Å². The average Bonchev–Trinajstić information content (AvgIpc) is 2.95. The van der Waals surface area contributed by atoms with E-state index in [1.165, 1.54) is 18.2 Å². The lowest BCUT2D eigenvalue weighted by atomic mass is 10.0. The van der Waals surface area contributed by atoms with Crippen molar-refractivity contribution in [1.29, 1.82) is 0 Å². The van der Waals surface area contributed by atoms with Gasteiger partial charge in [0.05, 0.1) is 12.2 Å². The van der Waals surface area contributed by atoms with E-state index in [9.17, 15) is 9.59 Å².